The molecule has 0 aliphatic carbocycles. The van der Waals surface area contributed by atoms with Crippen LogP contribution in [0.2, 0.25) is 0 Å². The van der Waals surface area contributed by atoms with E-state index in [0.717, 1.165) is 5.56 Å². The molecule has 1 heterocycles. The minimum absolute atomic E-state index is 0.0290. The van der Waals surface area contributed by atoms with E-state index in [9.17, 15) is 14.0 Å². The van der Waals surface area contributed by atoms with Crippen LogP contribution in [0.1, 0.15) is 24.5 Å². The molecule has 3 rings (SSSR count). The molecule has 2 aromatic rings. The lowest BCUT2D eigenvalue weighted by Crippen LogP contribution is -2.46. The summed E-state index contributed by atoms with van der Waals surface area (Å²) in [6, 6.07) is 11.1. The van der Waals surface area contributed by atoms with E-state index in [-0.39, 0.29) is 24.8 Å². The second kappa shape index (κ2) is 9.41. The second-order valence-corrected chi connectivity index (χ2v) is 6.88. The van der Waals surface area contributed by atoms with E-state index in [4.69, 9.17) is 9.47 Å². The van der Waals surface area contributed by atoms with E-state index in [1.54, 1.807) is 25.1 Å². The molecule has 0 fully saturated rings. The van der Waals surface area contributed by atoms with Crippen LogP contribution in [0, 0.1) is 5.82 Å². The van der Waals surface area contributed by atoms with Crippen LogP contribution in [0.15, 0.2) is 42.5 Å². The van der Waals surface area contributed by atoms with Gasteiger partial charge in [0.2, 0.25) is 11.8 Å². The molecule has 0 spiro atoms. The molecule has 154 valence electrons. The van der Waals surface area contributed by atoms with Crippen LogP contribution in [0.3, 0.4) is 0 Å². The summed E-state index contributed by atoms with van der Waals surface area (Å²) in [7, 11) is 1.51. The Balaban J connectivity index is 1.72. The quantitative estimate of drug-likeness (QED) is 0.776. The van der Waals surface area contributed by atoms with Crippen molar-refractivity contribution in [2.75, 3.05) is 20.3 Å². The van der Waals surface area contributed by atoms with Crippen molar-refractivity contribution in [3.05, 3.63) is 59.4 Å². The van der Waals surface area contributed by atoms with E-state index >= 15 is 0 Å². The lowest BCUT2D eigenvalue weighted by molar-refractivity contribution is -0.140. The summed E-state index contributed by atoms with van der Waals surface area (Å²) in [4.78, 5) is 26.5. The SMILES string of the molecule is CNC(=O)[C@@H](C)N(Cc1ccccc1F)C(=O)CCc1ccc2c(c1)OCCO2. The van der Waals surface area contributed by atoms with E-state index < -0.39 is 11.9 Å². The minimum atomic E-state index is -0.715. The second-order valence-electron chi connectivity index (χ2n) is 6.88. The Morgan fingerprint density at radius 1 is 1.14 bits per heavy atom. The lowest BCUT2D eigenvalue weighted by atomic mass is 10.1. The van der Waals surface area contributed by atoms with Crippen molar-refractivity contribution in [2.24, 2.45) is 0 Å². The summed E-state index contributed by atoms with van der Waals surface area (Å²) in [5.41, 5.74) is 1.30. The number of nitrogens with zero attached hydrogens (tertiary/aromatic N) is 1. The Morgan fingerprint density at radius 2 is 1.86 bits per heavy atom. The van der Waals surface area contributed by atoms with Crippen LogP contribution in [0.4, 0.5) is 4.39 Å². The molecule has 0 saturated carbocycles. The van der Waals surface area contributed by atoms with Gasteiger partial charge in [-0.3, -0.25) is 9.59 Å². The summed E-state index contributed by atoms with van der Waals surface area (Å²) in [6.45, 7) is 2.69. The van der Waals surface area contributed by atoms with Crippen LogP contribution in [-0.2, 0) is 22.6 Å². The molecule has 1 aliphatic heterocycles. The number of aryl methyl sites for hydroxylation is 1. The number of hydrogen-bond acceptors (Lipinski definition) is 4. The summed E-state index contributed by atoms with van der Waals surface area (Å²) < 4.78 is 25.2. The zero-order chi connectivity index (χ0) is 20.8. The molecule has 29 heavy (non-hydrogen) atoms. The van der Waals surface area contributed by atoms with Crippen molar-refractivity contribution in [1.29, 1.82) is 0 Å². The Labute approximate surface area is 169 Å². The fourth-order valence-corrected chi connectivity index (χ4v) is 3.24. The third-order valence-electron chi connectivity index (χ3n) is 4.95. The highest BCUT2D eigenvalue weighted by Gasteiger charge is 2.26. The smallest absolute Gasteiger partial charge is 0.242 e. The normalized spacial score (nSPS) is 13.5. The molecule has 1 atom stereocenters. The maximum Gasteiger partial charge on any atom is 0.242 e. The molecule has 6 nitrogen and oxygen atoms in total. The number of likely N-dealkylation sites (N-methyl/N-ethyl adjacent to an activating group) is 1. The molecule has 0 bridgehead atoms. The predicted molar refractivity (Wildman–Crippen MR) is 106 cm³/mol. The van der Waals surface area contributed by atoms with Gasteiger partial charge in [0.05, 0.1) is 0 Å². The number of carbonyl (C=O) groups is 2. The van der Waals surface area contributed by atoms with E-state index in [2.05, 4.69) is 5.32 Å². The van der Waals surface area contributed by atoms with Gasteiger partial charge in [-0.1, -0.05) is 24.3 Å². The number of rotatable bonds is 7. The Hall–Kier alpha value is -3.09. The van der Waals surface area contributed by atoms with Crippen LogP contribution in [-0.4, -0.2) is 43.0 Å². The topological polar surface area (TPSA) is 67.9 Å². The largest absolute Gasteiger partial charge is 0.486 e. The van der Waals surface area contributed by atoms with Crippen LogP contribution in [0.25, 0.3) is 0 Å². The van der Waals surface area contributed by atoms with Crippen molar-refractivity contribution >= 4 is 11.8 Å². The zero-order valence-corrected chi connectivity index (χ0v) is 16.6. The average molecular weight is 400 g/mol. The molecule has 1 aliphatic rings. The zero-order valence-electron chi connectivity index (χ0n) is 16.6. The number of carbonyl (C=O) groups excluding carboxylic acids is 2. The highest BCUT2D eigenvalue weighted by atomic mass is 19.1. The number of hydrogen-bond donors (Lipinski definition) is 1. The summed E-state index contributed by atoms with van der Waals surface area (Å²) in [6.07, 6.45) is 0.666. The van der Waals surface area contributed by atoms with Crippen molar-refractivity contribution in [3.63, 3.8) is 0 Å². The van der Waals surface area contributed by atoms with Gasteiger partial charge in [0.25, 0.3) is 0 Å². The molecular formula is C22H25FN2O4. The van der Waals surface area contributed by atoms with Gasteiger partial charge in [-0.2, -0.15) is 0 Å². The van der Waals surface area contributed by atoms with Crippen molar-refractivity contribution in [1.82, 2.24) is 10.2 Å². The number of ether oxygens (including phenoxy) is 2. The molecular weight excluding hydrogens is 375 g/mol. The van der Waals surface area contributed by atoms with Crippen molar-refractivity contribution < 1.29 is 23.5 Å². The van der Waals surface area contributed by atoms with Crippen molar-refractivity contribution in [3.8, 4) is 11.5 Å². The fraction of sp³-hybridized carbons (Fsp3) is 0.364. The Kier molecular flexibility index (Phi) is 6.69. The molecule has 7 heteroatoms. The summed E-state index contributed by atoms with van der Waals surface area (Å²) in [5, 5.41) is 2.55. The minimum Gasteiger partial charge on any atom is -0.486 e. The number of fused-ring (bicyclic) bond motifs is 1. The molecule has 0 radical (unpaired) electrons. The molecule has 2 amide bonds. The van der Waals surface area contributed by atoms with E-state index in [0.29, 0.717) is 36.7 Å². The van der Waals surface area contributed by atoms with Crippen molar-refractivity contribution in [2.45, 2.75) is 32.4 Å². The van der Waals surface area contributed by atoms with Gasteiger partial charge < -0.3 is 19.7 Å². The molecule has 2 aromatic carbocycles. The van der Waals surface area contributed by atoms with E-state index in [1.165, 1.54) is 18.0 Å². The van der Waals surface area contributed by atoms with Gasteiger partial charge >= 0.3 is 0 Å². The van der Waals surface area contributed by atoms with Gasteiger partial charge in [-0.15, -0.1) is 0 Å². The summed E-state index contributed by atoms with van der Waals surface area (Å²) in [5.74, 6) is 0.443. The first kappa shape index (κ1) is 20.6. The molecule has 0 saturated heterocycles. The Bertz CT molecular complexity index is 887. The van der Waals surface area contributed by atoms with Gasteiger partial charge in [-0.05, 0) is 37.1 Å². The summed E-state index contributed by atoms with van der Waals surface area (Å²) >= 11 is 0. The van der Waals surface area contributed by atoms with Crippen LogP contribution >= 0.6 is 0 Å². The standard InChI is InChI=1S/C22H25FN2O4/c1-15(22(27)24-2)25(14-17-5-3-4-6-18(17)23)21(26)10-8-16-7-9-19-20(13-16)29-12-11-28-19/h3-7,9,13,15H,8,10-12,14H2,1-2H3,(H,24,27)/t15-/m1/s1. The molecule has 1 N–H and O–H groups in total. The van der Waals surface area contributed by atoms with Crippen LogP contribution in [0.5, 0.6) is 11.5 Å². The number of nitrogens with one attached hydrogen (secondary N) is 1. The van der Waals surface area contributed by atoms with Gasteiger partial charge in [-0.25, -0.2) is 4.39 Å². The predicted octanol–water partition coefficient (Wildman–Crippen LogP) is 2.69. The Morgan fingerprint density at radius 3 is 2.59 bits per heavy atom. The van der Waals surface area contributed by atoms with E-state index in [1.807, 2.05) is 18.2 Å². The number of amides is 2. The van der Waals surface area contributed by atoms with Gasteiger partial charge in [0, 0.05) is 25.6 Å². The fourth-order valence-electron chi connectivity index (χ4n) is 3.24. The first-order valence-electron chi connectivity index (χ1n) is 9.62. The van der Waals surface area contributed by atoms with Gasteiger partial charge in [0.15, 0.2) is 11.5 Å². The molecule has 0 unspecified atom stereocenters. The maximum atomic E-state index is 14.1. The number of halogens is 1. The van der Waals surface area contributed by atoms with Crippen LogP contribution < -0.4 is 14.8 Å². The highest BCUT2D eigenvalue weighted by Crippen LogP contribution is 2.31. The number of benzene rings is 2. The lowest BCUT2D eigenvalue weighted by Gasteiger charge is -2.28. The van der Waals surface area contributed by atoms with Gasteiger partial charge in [0.1, 0.15) is 25.1 Å². The highest BCUT2D eigenvalue weighted by molar-refractivity contribution is 5.87. The third-order valence-corrected chi connectivity index (χ3v) is 4.95. The first-order chi connectivity index (χ1) is 14.0. The monoisotopic (exact) mass is 400 g/mol. The third kappa shape index (κ3) is 5.04. The maximum absolute atomic E-state index is 14.1. The first-order valence-corrected chi connectivity index (χ1v) is 9.62. The molecule has 0 aromatic heterocycles. The average Bonchev–Trinajstić information content (AvgIpc) is 2.75.